The first-order chi connectivity index (χ1) is 18.9. The van der Waals surface area contributed by atoms with Gasteiger partial charge in [-0.1, -0.05) is 30.8 Å². The normalized spacial score (nSPS) is 18.0. The lowest BCUT2D eigenvalue weighted by Crippen LogP contribution is -2.50. The maximum atomic E-state index is 11.6. The number of nitrogens with zero attached hydrogens (tertiary/aromatic N) is 1. The summed E-state index contributed by atoms with van der Waals surface area (Å²) in [4.78, 5) is 13.0. The third-order valence-corrected chi connectivity index (χ3v) is 7.31. The van der Waals surface area contributed by atoms with Crippen molar-refractivity contribution in [3.05, 3.63) is 29.8 Å². The van der Waals surface area contributed by atoms with E-state index in [4.69, 9.17) is 14.9 Å². The van der Waals surface area contributed by atoms with Crippen molar-refractivity contribution in [3.8, 4) is 5.75 Å². The zero-order chi connectivity index (χ0) is 30.2. The van der Waals surface area contributed by atoms with Gasteiger partial charge in [0.2, 0.25) is 0 Å². The SMILES string of the molecule is CCC(=O)SCc1cccc(OCCN(C[C@H](O)[C@@H](O)[C@H](O)C[C@H](O)CO)C[C@H](O)[C@@H](O)C[C@H](O)[C@H](O)CO)c1. The van der Waals surface area contributed by atoms with E-state index < -0.39 is 68.5 Å². The van der Waals surface area contributed by atoms with Crippen LogP contribution < -0.4 is 4.74 Å². The van der Waals surface area contributed by atoms with Crippen LogP contribution in [0, 0.1) is 0 Å². The molecule has 0 aromatic heterocycles. The summed E-state index contributed by atoms with van der Waals surface area (Å²) in [7, 11) is 0. The second-order valence-corrected chi connectivity index (χ2v) is 10.7. The van der Waals surface area contributed by atoms with Crippen molar-refractivity contribution in [1.82, 2.24) is 4.90 Å². The molecule has 10 N–H and O–H groups in total. The molecular formula is C26H45NO12S. The fourth-order valence-corrected chi connectivity index (χ4v) is 4.44. The molecule has 14 heteroatoms. The van der Waals surface area contributed by atoms with Crippen molar-refractivity contribution in [1.29, 1.82) is 0 Å². The average molecular weight is 596 g/mol. The first-order valence-corrected chi connectivity index (χ1v) is 14.2. The second kappa shape index (κ2) is 19.7. The fraction of sp³-hybridized carbons (Fsp3) is 0.731. The highest BCUT2D eigenvalue weighted by molar-refractivity contribution is 8.12. The molecule has 0 saturated heterocycles. The summed E-state index contributed by atoms with van der Waals surface area (Å²) in [5.41, 5.74) is 0.876. The third kappa shape index (κ3) is 14.0. The summed E-state index contributed by atoms with van der Waals surface area (Å²) in [5, 5.41) is 98.5. The van der Waals surface area contributed by atoms with Gasteiger partial charge in [0, 0.05) is 44.6 Å². The first kappa shape index (κ1) is 36.6. The van der Waals surface area contributed by atoms with Crippen molar-refractivity contribution >= 4 is 16.9 Å². The quantitative estimate of drug-likeness (QED) is 0.0691. The van der Waals surface area contributed by atoms with E-state index in [2.05, 4.69) is 0 Å². The molecule has 1 aromatic carbocycles. The van der Waals surface area contributed by atoms with Gasteiger partial charge in [-0.3, -0.25) is 9.69 Å². The molecule has 0 amide bonds. The topological polar surface area (TPSA) is 232 Å². The van der Waals surface area contributed by atoms with Crippen LogP contribution >= 0.6 is 11.8 Å². The molecule has 232 valence electrons. The Morgan fingerprint density at radius 2 is 1.50 bits per heavy atom. The molecule has 0 radical (unpaired) electrons. The molecule has 8 atom stereocenters. The van der Waals surface area contributed by atoms with Crippen molar-refractivity contribution < 1.29 is 60.6 Å². The largest absolute Gasteiger partial charge is 0.492 e. The number of benzene rings is 1. The molecule has 0 spiro atoms. The van der Waals surface area contributed by atoms with E-state index in [0.29, 0.717) is 17.9 Å². The van der Waals surface area contributed by atoms with Gasteiger partial charge in [0.25, 0.3) is 0 Å². The van der Waals surface area contributed by atoms with Gasteiger partial charge in [-0.25, -0.2) is 0 Å². The Hall–Kier alpha value is -1.40. The van der Waals surface area contributed by atoms with Crippen molar-refractivity contribution in [2.24, 2.45) is 0 Å². The Morgan fingerprint density at radius 3 is 2.12 bits per heavy atom. The number of rotatable bonds is 21. The number of hydrogen-bond acceptors (Lipinski definition) is 14. The molecule has 1 aromatic rings. The van der Waals surface area contributed by atoms with Crippen molar-refractivity contribution in [2.45, 2.75) is 80.8 Å². The summed E-state index contributed by atoms with van der Waals surface area (Å²) in [6, 6.07) is 7.11. The number of aliphatic hydroxyl groups is 10. The molecule has 0 fully saturated rings. The molecule has 0 unspecified atom stereocenters. The van der Waals surface area contributed by atoms with Gasteiger partial charge in [0.15, 0.2) is 5.12 Å². The number of thioether (sulfide) groups is 1. The maximum absolute atomic E-state index is 11.6. The van der Waals surface area contributed by atoms with Crippen LogP contribution in [0.5, 0.6) is 5.75 Å². The van der Waals surface area contributed by atoms with Gasteiger partial charge in [-0.05, 0) is 17.7 Å². The zero-order valence-electron chi connectivity index (χ0n) is 22.6. The molecule has 0 saturated carbocycles. The van der Waals surface area contributed by atoms with Crippen LogP contribution in [-0.4, -0.2) is 149 Å². The molecule has 0 aliphatic carbocycles. The summed E-state index contributed by atoms with van der Waals surface area (Å²) in [6.07, 6.45) is -12.5. The summed E-state index contributed by atoms with van der Waals surface area (Å²) < 4.78 is 5.78. The number of ether oxygens (including phenoxy) is 1. The van der Waals surface area contributed by atoms with Crippen molar-refractivity contribution in [2.75, 3.05) is 39.5 Å². The number of carbonyl (C=O) groups is 1. The summed E-state index contributed by atoms with van der Waals surface area (Å²) >= 11 is 1.20. The Morgan fingerprint density at radius 1 is 0.850 bits per heavy atom. The second-order valence-electron chi connectivity index (χ2n) is 9.65. The zero-order valence-corrected chi connectivity index (χ0v) is 23.5. The molecule has 1 rings (SSSR count). The van der Waals surface area contributed by atoms with E-state index >= 15 is 0 Å². The minimum Gasteiger partial charge on any atom is -0.492 e. The maximum Gasteiger partial charge on any atom is 0.188 e. The number of hydrogen-bond donors (Lipinski definition) is 10. The van der Waals surface area contributed by atoms with E-state index in [1.807, 2.05) is 6.07 Å². The van der Waals surface area contributed by atoms with Crippen molar-refractivity contribution in [3.63, 3.8) is 0 Å². The first-order valence-electron chi connectivity index (χ1n) is 13.2. The van der Waals surface area contributed by atoms with Crippen LogP contribution in [0.2, 0.25) is 0 Å². The predicted octanol–water partition coefficient (Wildman–Crippen LogP) is -2.81. The molecule has 40 heavy (non-hydrogen) atoms. The standard InChI is InChI=1S/C26H45NO12S/c1-2-25(37)40-15-16-4-3-5-18(8-16)39-7-6-27(11-22(34)19(31)10-20(32)24(36)14-29)12-23(35)26(38)21(33)9-17(30)13-28/h3-5,8,17,19-24,26,28-36,38H,2,6-7,9-15H2,1H3/t17-,19-,20-,21+,22-,23-,24+,26-/m0/s1. The summed E-state index contributed by atoms with van der Waals surface area (Å²) in [5.74, 6) is 0.992. The van der Waals surface area contributed by atoms with Gasteiger partial charge in [0.05, 0.1) is 49.8 Å². The van der Waals surface area contributed by atoms with E-state index in [9.17, 15) is 45.6 Å². The Labute approximate surface area is 238 Å². The highest BCUT2D eigenvalue weighted by Crippen LogP contribution is 2.20. The number of aliphatic hydroxyl groups excluding tert-OH is 10. The van der Waals surface area contributed by atoms with Gasteiger partial charge >= 0.3 is 0 Å². The molecular weight excluding hydrogens is 550 g/mol. The van der Waals surface area contributed by atoms with Gasteiger partial charge in [-0.2, -0.15) is 0 Å². The minimum atomic E-state index is -1.70. The van der Waals surface area contributed by atoms with E-state index in [0.717, 1.165) is 5.56 Å². The van der Waals surface area contributed by atoms with E-state index in [1.54, 1.807) is 25.1 Å². The van der Waals surface area contributed by atoms with Gasteiger partial charge in [-0.15, -0.1) is 0 Å². The Kier molecular flexibility index (Phi) is 18.0. The minimum absolute atomic E-state index is 0.0494. The van der Waals surface area contributed by atoms with Gasteiger partial charge in [0.1, 0.15) is 24.6 Å². The smallest absolute Gasteiger partial charge is 0.188 e. The van der Waals surface area contributed by atoms with Crippen LogP contribution in [0.3, 0.4) is 0 Å². The highest BCUT2D eigenvalue weighted by atomic mass is 32.2. The molecule has 0 aliphatic heterocycles. The molecule has 0 bridgehead atoms. The van der Waals surface area contributed by atoms with Crippen LogP contribution in [0.25, 0.3) is 0 Å². The van der Waals surface area contributed by atoms with Crippen LogP contribution in [0.4, 0.5) is 0 Å². The third-order valence-electron chi connectivity index (χ3n) is 6.22. The molecule has 13 nitrogen and oxygen atoms in total. The lowest BCUT2D eigenvalue weighted by molar-refractivity contribution is -0.110. The Bertz CT molecular complexity index is 837. The van der Waals surface area contributed by atoms with Crippen LogP contribution in [0.1, 0.15) is 31.7 Å². The lowest BCUT2D eigenvalue weighted by atomic mass is 10.0. The van der Waals surface area contributed by atoms with Gasteiger partial charge < -0.3 is 55.8 Å². The molecule has 0 heterocycles. The number of carbonyl (C=O) groups excluding carboxylic acids is 1. The van der Waals surface area contributed by atoms with Crippen LogP contribution in [-0.2, 0) is 10.5 Å². The highest BCUT2D eigenvalue weighted by Gasteiger charge is 2.30. The molecule has 0 aliphatic rings. The average Bonchev–Trinajstić information content (AvgIpc) is 2.94. The van der Waals surface area contributed by atoms with Crippen LogP contribution in [0.15, 0.2) is 24.3 Å². The van der Waals surface area contributed by atoms with E-state index in [-0.39, 0.29) is 37.8 Å². The lowest BCUT2D eigenvalue weighted by Gasteiger charge is -2.32. The Balaban J connectivity index is 2.85. The fourth-order valence-electron chi connectivity index (χ4n) is 3.73. The monoisotopic (exact) mass is 595 g/mol. The summed E-state index contributed by atoms with van der Waals surface area (Å²) in [6.45, 7) is -0.0175. The predicted molar refractivity (Wildman–Crippen MR) is 146 cm³/mol. The van der Waals surface area contributed by atoms with E-state index in [1.165, 1.54) is 16.7 Å².